The van der Waals surface area contributed by atoms with Crippen LogP contribution in [0.15, 0.2) is 6.07 Å². The van der Waals surface area contributed by atoms with Gasteiger partial charge in [-0.25, -0.2) is 0 Å². The highest BCUT2D eigenvalue weighted by molar-refractivity contribution is 6.32. The molecule has 0 saturated heterocycles. The minimum absolute atomic E-state index is 0.00664. The van der Waals surface area contributed by atoms with Crippen LogP contribution in [0.4, 0.5) is 0 Å². The van der Waals surface area contributed by atoms with Crippen LogP contribution in [0.2, 0.25) is 5.02 Å². The molecule has 0 unspecified atom stereocenters. The van der Waals surface area contributed by atoms with Gasteiger partial charge in [-0.1, -0.05) is 11.6 Å². The van der Waals surface area contributed by atoms with Crippen molar-refractivity contribution >= 4 is 17.4 Å². The van der Waals surface area contributed by atoms with Crippen molar-refractivity contribution in [2.24, 2.45) is 0 Å². The van der Waals surface area contributed by atoms with Gasteiger partial charge < -0.3 is 9.84 Å². The standard InChI is InChI=1S/C13H17ClO3/c1-8-7-11(17-3)12(9(2)13(8)14)10(16)5-4-6-15/h7,15H,4-6H2,1-3H3. The van der Waals surface area contributed by atoms with Gasteiger partial charge >= 0.3 is 0 Å². The van der Waals surface area contributed by atoms with Crippen molar-refractivity contribution in [3.8, 4) is 5.75 Å². The molecular formula is C13H17ClO3. The van der Waals surface area contributed by atoms with Crippen LogP contribution in [0.1, 0.15) is 34.3 Å². The molecule has 0 fully saturated rings. The maximum atomic E-state index is 12.0. The normalized spacial score (nSPS) is 10.4. The number of carbonyl (C=O) groups excluding carboxylic acids is 1. The zero-order valence-electron chi connectivity index (χ0n) is 10.3. The highest BCUT2D eigenvalue weighted by atomic mass is 35.5. The Morgan fingerprint density at radius 2 is 2.12 bits per heavy atom. The molecule has 0 saturated carbocycles. The predicted octanol–water partition coefficient (Wildman–Crippen LogP) is 2.92. The van der Waals surface area contributed by atoms with E-state index >= 15 is 0 Å². The molecule has 0 heterocycles. The molecule has 0 aliphatic rings. The van der Waals surface area contributed by atoms with Crippen LogP contribution in [-0.4, -0.2) is 24.6 Å². The molecule has 1 N–H and O–H groups in total. The summed E-state index contributed by atoms with van der Waals surface area (Å²) in [5.41, 5.74) is 2.16. The van der Waals surface area contributed by atoms with E-state index < -0.39 is 0 Å². The molecule has 4 heteroatoms. The first-order chi connectivity index (χ1) is 8.02. The number of hydrogen-bond acceptors (Lipinski definition) is 3. The van der Waals surface area contributed by atoms with Gasteiger partial charge in [0.2, 0.25) is 0 Å². The van der Waals surface area contributed by atoms with E-state index in [4.69, 9.17) is 21.4 Å². The molecule has 0 bridgehead atoms. The number of benzene rings is 1. The Hall–Kier alpha value is -1.06. The summed E-state index contributed by atoms with van der Waals surface area (Å²) in [4.78, 5) is 12.0. The molecule has 0 spiro atoms. The average Bonchev–Trinajstić information content (AvgIpc) is 2.32. The topological polar surface area (TPSA) is 46.5 Å². The Morgan fingerprint density at radius 3 is 2.65 bits per heavy atom. The van der Waals surface area contributed by atoms with E-state index in [0.717, 1.165) is 11.1 Å². The lowest BCUT2D eigenvalue weighted by Gasteiger charge is -2.14. The summed E-state index contributed by atoms with van der Waals surface area (Å²) in [6.45, 7) is 3.69. The Balaban J connectivity index is 3.21. The molecule has 3 nitrogen and oxygen atoms in total. The van der Waals surface area contributed by atoms with Crippen LogP contribution in [0, 0.1) is 13.8 Å². The first-order valence-electron chi connectivity index (χ1n) is 5.50. The van der Waals surface area contributed by atoms with Crippen LogP contribution in [-0.2, 0) is 0 Å². The Labute approximate surface area is 106 Å². The second-order valence-electron chi connectivity index (χ2n) is 3.96. The van der Waals surface area contributed by atoms with Crippen molar-refractivity contribution in [2.45, 2.75) is 26.7 Å². The number of aliphatic hydroxyl groups is 1. The van der Waals surface area contributed by atoms with Crippen molar-refractivity contribution < 1.29 is 14.6 Å². The molecule has 0 amide bonds. The molecule has 1 rings (SSSR count). The average molecular weight is 257 g/mol. The second kappa shape index (κ2) is 6.03. The fourth-order valence-electron chi connectivity index (χ4n) is 1.79. The summed E-state index contributed by atoms with van der Waals surface area (Å²) in [6, 6.07) is 1.77. The summed E-state index contributed by atoms with van der Waals surface area (Å²) in [7, 11) is 1.53. The SMILES string of the molecule is COc1cc(C)c(Cl)c(C)c1C(=O)CCCO. The number of aliphatic hydroxyl groups excluding tert-OH is 1. The Kier molecular flexibility index (Phi) is 4.97. The third-order valence-electron chi connectivity index (χ3n) is 2.71. The van der Waals surface area contributed by atoms with E-state index in [2.05, 4.69) is 0 Å². The van der Waals surface area contributed by atoms with Gasteiger partial charge in [-0.05, 0) is 37.5 Å². The molecule has 0 aliphatic heterocycles. The maximum absolute atomic E-state index is 12.0. The fraction of sp³-hybridized carbons (Fsp3) is 0.462. The van der Waals surface area contributed by atoms with Gasteiger partial charge in [-0.15, -0.1) is 0 Å². The Bertz CT molecular complexity index is 427. The Morgan fingerprint density at radius 1 is 1.47 bits per heavy atom. The van der Waals surface area contributed by atoms with Crippen LogP contribution in [0.3, 0.4) is 0 Å². The first-order valence-corrected chi connectivity index (χ1v) is 5.88. The van der Waals surface area contributed by atoms with Crippen molar-refractivity contribution in [3.63, 3.8) is 0 Å². The van der Waals surface area contributed by atoms with Crippen LogP contribution < -0.4 is 4.74 Å². The van der Waals surface area contributed by atoms with Crippen molar-refractivity contribution in [1.29, 1.82) is 0 Å². The molecule has 1 aromatic carbocycles. The van der Waals surface area contributed by atoms with E-state index in [1.54, 1.807) is 6.07 Å². The number of rotatable bonds is 5. The van der Waals surface area contributed by atoms with Crippen molar-refractivity contribution in [1.82, 2.24) is 0 Å². The first kappa shape index (κ1) is 14.0. The monoisotopic (exact) mass is 256 g/mol. The number of halogens is 1. The fourth-order valence-corrected chi connectivity index (χ4v) is 1.94. The highest BCUT2D eigenvalue weighted by Gasteiger charge is 2.18. The van der Waals surface area contributed by atoms with E-state index in [1.165, 1.54) is 7.11 Å². The summed E-state index contributed by atoms with van der Waals surface area (Å²) >= 11 is 6.13. The zero-order valence-corrected chi connectivity index (χ0v) is 11.1. The smallest absolute Gasteiger partial charge is 0.167 e. The number of Topliss-reactive ketones (excluding diaryl/α,β-unsaturated/α-hetero) is 1. The van der Waals surface area contributed by atoms with E-state index in [1.807, 2.05) is 13.8 Å². The molecular weight excluding hydrogens is 240 g/mol. The quantitative estimate of drug-likeness (QED) is 0.824. The summed E-state index contributed by atoms with van der Waals surface area (Å²) in [5, 5.41) is 9.34. The molecule has 94 valence electrons. The van der Waals surface area contributed by atoms with E-state index in [9.17, 15) is 4.79 Å². The number of carbonyl (C=O) groups is 1. The highest BCUT2D eigenvalue weighted by Crippen LogP contribution is 2.32. The summed E-state index contributed by atoms with van der Waals surface area (Å²) in [5.74, 6) is 0.502. The van der Waals surface area contributed by atoms with Crippen LogP contribution in [0.5, 0.6) is 5.75 Å². The number of ketones is 1. The third-order valence-corrected chi connectivity index (χ3v) is 3.29. The largest absolute Gasteiger partial charge is 0.496 e. The third kappa shape index (κ3) is 2.99. The van der Waals surface area contributed by atoms with Gasteiger partial charge in [0.1, 0.15) is 5.75 Å². The molecule has 0 radical (unpaired) electrons. The van der Waals surface area contributed by atoms with E-state index in [0.29, 0.717) is 29.2 Å². The summed E-state index contributed by atoms with van der Waals surface area (Å²) < 4.78 is 5.22. The van der Waals surface area contributed by atoms with Crippen LogP contribution >= 0.6 is 11.6 Å². The number of hydrogen-bond donors (Lipinski definition) is 1. The second-order valence-corrected chi connectivity index (χ2v) is 4.34. The predicted molar refractivity (Wildman–Crippen MR) is 68.1 cm³/mol. The van der Waals surface area contributed by atoms with Gasteiger partial charge in [-0.2, -0.15) is 0 Å². The lowest BCUT2D eigenvalue weighted by Crippen LogP contribution is -2.07. The van der Waals surface area contributed by atoms with Crippen LogP contribution in [0.25, 0.3) is 0 Å². The van der Waals surface area contributed by atoms with Gasteiger partial charge in [0.25, 0.3) is 0 Å². The molecule has 1 aromatic rings. The lowest BCUT2D eigenvalue weighted by molar-refractivity contribution is 0.0967. The number of ether oxygens (including phenoxy) is 1. The lowest BCUT2D eigenvalue weighted by atomic mass is 9.98. The van der Waals surface area contributed by atoms with Gasteiger partial charge in [0.05, 0.1) is 12.7 Å². The molecule has 0 aliphatic carbocycles. The minimum atomic E-state index is -0.0460. The van der Waals surface area contributed by atoms with Gasteiger partial charge in [0.15, 0.2) is 5.78 Å². The van der Waals surface area contributed by atoms with E-state index in [-0.39, 0.29) is 12.4 Å². The summed E-state index contributed by atoms with van der Waals surface area (Å²) in [6.07, 6.45) is 0.750. The van der Waals surface area contributed by atoms with Gasteiger partial charge in [-0.3, -0.25) is 4.79 Å². The molecule has 0 atom stereocenters. The van der Waals surface area contributed by atoms with Crippen molar-refractivity contribution in [3.05, 3.63) is 27.8 Å². The number of methoxy groups -OCH3 is 1. The molecule has 17 heavy (non-hydrogen) atoms. The minimum Gasteiger partial charge on any atom is -0.496 e. The number of aryl methyl sites for hydroxylation is 1. The van der Waals surface area contributed by atoms with Crippen molar-refractivity contribution in [2.75, 3.05) is 13.7 Å². The zero-order chi connectivity index (χ0) is 13.0. The molecule has 0 aromatic heterocycles. The maximum Gasteiger partial charge on any atom is 0.167 e. The van der Waals surface area contributed by atoms with Gasteiger partial charge in [0, 0.05) is 18.1 Å².